The van der Waals surface area contributed by atoms with Crippen molar-refractivity contribution in [3.8, 4) is 0 Å². The zero-order valence-electron chi connectivity index (χ0n) is 12.7. The topological polar surface area (TPSA) is 29.3 Å². The van der Waals surface area contributed by atoms with Gasteiger partial charge < -0.3 is 5.73 Å². The van der Waals surface area contributed by atoms with E-state index in [-0.39, 0.29) is 11.9 Å². The Morgan fingerprint density at radius 3 is 2.80 bits per heavy atom. The highest BCUT2D eigenvalue weighted by Crippen LogP contribution is 2.29. The molecule has 1 fully saturated rings. The minimum absolute atomic E-state index is 0.132. The van der Waals surface area contributed by atoms with Crippen molar-refractivity contribution in [2.45, 2.75) is 58.0 Å². The molecular formula is C17H27FN2. The molecule has 0 radical (unpaired) electrons. The van der Waals surface area contributed by atoms with Crippen molar-refractivity contribution >= 4 is 0 Å². The Hall–Kier alpha value is -0.930. The molecule has 0 saturated carbocycles. The van der Waals surface area contributed by atoms with Gasteiger partial charge in [-0.1, -0.05) is 31.9 Å². The largest absolute Gasteiger partial charge is 0.329 e. The van der Waals surface area contributed by atoms with E-state index in [1.165, 1.54) is 25.7 Å². The number of likely N-dealkylation sites (tertiary alicyclic amines) is 1. The fraction of sp³-hybridized carbons (Fsp3) is 0.647. The molecule has 3 heteroatoms. The molecule has 1 aliphatic rings. The maximum Gasteiger partial charge on any atom is 0.126 e. The van der Waals surface area contributed by atoms with E-state index in [0.717, 1.165) is 18.5 Å². The summed E-state index contributed by atoms with van der Waals surface area (Å²) in [6.07, 6.45) is 6.29. The Kier molecular flexibility index (Phi) is 5.55. The number of aryl methyl sites for hydroxylation is 1. The highest BCUT2D eigenvalue weighted by Gasteiger charge is 2.27. The lowest BCUT2D eigenvalue weighted by atomic mass is 9.99. The zero-order valence-corrected chi connectivity index (χ0v) is 12.7. The first-order valence-corrected chi connectivity index (χ1v) is 7.89. The second kappa shape index (κ2) is 7.19. The van der Waals surface area contributed by atoms with Gasteiger partial charge in [0.1, 0.15) is 5.82 Å². The molecule has 1 aromatic carbocycles. The molecule has 0 aliphatic carbocycles. The summed E-state index contributed by atoms with van der Waals surface area (Å²) in [5.41, 5.74) is 7.93. The lowest BCUT2D eigenvalue weighted by Crippen LogP contribution is -2.41. The Labute approximate surface area is 122 Å². The van der Waals surface area contributed by atoms with E-state index in [0.29, 0.717) is 18.2 Å². The molecule has 2 atom stereocenters. The highest BCUT2D eigenvalue weighted by molar-refractivity contribution is 5.27. The summed E-state index contributed by atoms with van der Waals surface area (Å²) < 4.78 is 13.5. The number of hydrogen-bond donors (Lipinski definition) is 1. The lowest BCUT2D eigenvalue weighted by molar-refractivity contribution is 0.136. The second-order valence-corrected chi connectivity index (χ2v) is 5.91. The highest BCUT2D eigenvalue weighted by atomic mass is 19.1. The van der Waals surface area contributed by atoms with Gasteiger partial charge in [0.15, 0.2) is 0 Å². The number of halogens is 1. The van der Waals surface area contributed by atoms with Crippen LogP contribution in [0.5, 0.6) is 0 Å². The first kappa shape index (κ1) is 15.5. The van der Waals surface area contributed by atoms with Crippen molar-refractivity contribution in [1.82, 2.24) is 4.90 Å². The molecule has 20 heavy (non-hydrogen) atoms. The lowest BCUT2D eigenvalue weighted by Gasteiger charge is -2.36. The molecule has 2 nitrogen and oxygen atoms in total. The Balaban J connectivity index is 2.26. The SMILES string of the molecule is CCC1CCCCCN1C(CN)c1ccc(F)c(C)c1. The van der Waals surface area contributed by atoms with Gasteiger partial charge in [0.05, 0.1) is 0 Å². The fourth-order valence-corrected chi connectivity index (χ4v) is 3.39. The van der Waals surface area contributed by atoms with Gasteiger partial charge in [-0.3, -0.25) is 4.90 Å². The van der Waals surface area contributed by atoms with Crippen molar-refractivity contribution in [2.24, 2.45) is 5.73 Å². The van der Waals surface area contributed by atoms with Crippen LogP contribution in [0.2, 0.25) is 0 Å². The smallest absolute Gasteiger partial charge is 0.126 e. The van der Waals surface area contributed by atoms with Crippen LogP contribution in [-0.2, 0) is 0 Å². The first-order chi connectivity index (χ1) is 9.67. The maximum absolute atomic E-state index is 13.5. The van der Waals surface area contributed by atoms with Gasteiger partial charge in [0.2, 0.25) is 0 Å². The summed E-state index contributed by atoms with van der Waals surface area (Å²) >= 11 is 0. The van der Waals surface area contributed by atoms with Crippen LogP contribution in [0.3, 0.4) is 0 Å². The molecule has 112 valence electrons. The molecule has 2 rings (SSSR count). The summed E-state index contributed by atoms with van der Waals surface area (Å²) in [5, 5.41) is 0. The van der Waals surface area contributed by atoms with E-state index in [1.54, 1.807) is 6.07 Å². The van der Waals surface area contributed by atoms with Gasteiger partial charge >= 0.3 is 0 Å². The number of hydrogen-bond acceptors (Lipinski definition) is 2. The molecule has 2 unspecified atom stereocenters. The van der Waals surface area contributed by atoms with Crippen LogP contribution in [0, 0.1) is 12.7 Å². The Morgan fingerprint density at radius 1 is 1.35 bits per heavy atom. The molecule has 0 amide bonds. The van der Waals surface area contributed by atoms with Gasteiger partial charge in [-0.2, -0.15) is 0 Å². The van der Waals surface area contributed by atoms with Crippen molar-refractivity contribution in [2.75, 3.05) is 13.1 Å². The van der Waals surface area contributed by atoms with E-state index >= 15 is 0 Å². The van der Waals surface area contributed by atoms with Crippen molar-refractivity contribution in [1.29, 1.82) is 0 Å². The van der Waals surface area contributed by atoms with E-state index in [1.807, 2.05) is 19.1 Å². The molecule has 0 bridgehead atoms. The predicted molar refractivity (Wildman–Crippen MR) is 82.2 cm³/mol. The minimum Gasteiger partial charge on any atom is -0.329 e. The first-order valence-electron chi connectivity index (χ1n) is 7.89. The third-order valence-electron chi connectivity index (χ3n) is 4.58. The zero-order chi connectivity index (χ0) is 14.5. The maximum atomic E-state index is 13.5. The van der Waals surface area contributed by atoms with Crippen LogP contribution in [0.25, 0.3) is 0 Å². The van der Waals surface area contributed by atoms with E-state index in [9.17, 15) is 4.39 Å². The summed E-state index contributed by atoms with van der Waals surface area (Å²) in [6.45, 7) is 5.79. The van der Waals surface area contributed by atoms with Gasteiger partial charge in [0, 0.05) is 18.6 Å². The number of nitrogens with zero attached hydrogens (tertiary/aromatic N) is 1. The van der Waals surface area contributed by atoms with Crippen LogP contribution in [0.15, 0.2) is 18.2 Å². The molecule has 0 aromatic heterocycles. The molecule has 1 saturated heterocycles. The monoisotopic (exact) mass is 278 g/mol. The van der Waals surface area contributed by atoms with Crippen LogP contribution < -0.4 is 5.73 Å². The van der Waals surface area contributed by atoms with Crippen molar-refractivity contribution < 1.29 is 4.39 Å². The summed E-state index contributed by atoms with van der Waals surface area (Å²) in [5.74, 6) is -0.132. The molecule has 0 spiro atoms. The van der Waals surface area contributed by atoms with Gasteiger partial charge in [-0.15, -0.1) is 0 Å². The average Bonchev–Trinajstić information content (AvgIpc) is 2.69. The predicted octanol–water partition coefficient (Wildman–Crippen LogP) is 3.79. The summed E-state index contributed by atoms with van der Waals surface area (Å²) in [6, 6.07) is 6.27. The number of rotatable bonds is 4. The average molecular weight is 278 g/mol. The Morgan fingerprint density at radius 2 is 2.15 bits per heavy atom. The van der Waals surface area contributed by atoms with Gasteiger partial charge in [0.25, 0.3) is 0 Å². The minimum atomic E-state index is -0.132. The van der Waals surface area contributed by atoms with Gasteiger partial charge in [-0.25, -0.2) is 4.39 Å². The van der Waals surface area contributed by atoms with Crippen LogP contribution in [-0.4, -0.2) is 24.0 Å². The Bertz CT molecular complexity index is 433. The van der Waals surface area contributed by atoms with Crippen molar-refractivity contribution in [3.63, 3.8) is 0 Å². The van der Waals surface area contributed by atoms with Crippen LogP contribution in [0.1, 0.15) is 56.2 Å². The number of benzene rings is 1. The van der Waals surface area contributed by atoms with Crippen LogP contribution >= 0.6 is 0 Å². The molecule has 2 N–H and O–H groups in total. The van der Waals surface area contributed by atoms with E-state index < -0.39 is 0 Å². The van der Waals surface area contributed by atoms with E-state index in [4.69, 9.17) is 5.73 Å². The fourth-order valence-electron chi connectivity index (χ4n) is 3.39. The molecule has 1 aliphatic heterocycles. The molecule has 1 aromatic rings. The normalized spacial score (nSPS) is 22.5. The quantitative estimate of drug-likeness (QED) is 0.908. The summed E-state index contributed by atoms with van der Waals surface area (Å²) in [4.78, 5) is 2.56. The van der Waals surface area contributed by atoms with Crippen LogP contribution in [0.4, 0.5) is 4.39 Å². The standard InChI is InChI=1S/C17H27FN2/c1-3-15-7-5-4-6-10-20(15)17(12-19)14-8-9-16(18)13(2)11-14/h8-9,11,15,17H,3-7,10,12,19H2,1-2H3. The van der Waals surface area contributed by atoms with Crippen molar-refractivity contribution in [3.05, 3.63) is 35.1 Å². The molecular weight excluding hydrogens is 251 g/mol. The van der Waals surface area contributed by atoms with Gasteiger partial charge in [-0.05, 0) is 49.9 Å². The summed E-state index contributed by atoms with van der Waals surface area (Å²) in [7, 11) is 0. The molecule has 1 heterocycles. The second-order valence-electron chi connectivity index (χ2n) is 5.91. The number of nitrogens with two attached hydrogens (primary N) is 1. The third kappa shape index (κ3) is 3.39. The third-order valence-corrected chi connectivity index (χ3v) is 4.58. The van der Waals surface area contributed by atoms with E-state index in [2.05, 4.69) is 11.8 Å².